The molecule has 1 aliphatic heterocycles. The molecule has 4 heteroatoms. The van der Waals surface area contributed by atoms with Crippen molar-refractivity contribution in [1.82, 2.24) is 10.2 Å². The molecule has 2 fully saturated rings. The van der Waals surface area contributed by atoms with Crippen LogP contribution in [-0.2, 0) is 9.53 Å². The Morgan fingerprint density at radius 2 is 1.90 bits per heavy atom. The van der Waals surface area contributed by atoms with Crippen molar-refractivity contribution in [2.24, 2.45) is 11.8 Å². The fourth-order valence-electron chi connectivity index (χ4n) is 3.78. The van der Waals surface area contributed by atoms with Gasteiger partial charge in [0.2, 0.25) is 0 Å². The maximum atomic E-state index is 12.5. The number of rotatable bonds is 8. The van der Waals surface area contributed by atoms with Crippen LogP contribution in [0.2, 0.25) is 0 Å². The summed E-state index contributed by atoms with van der Waals surface area (Å²) in [4.78, 5) is 15.0. The number of nitrogens with zero attached hydrogens (tertiary/aromatic N) is 1. The van der Waals surface area contributed by atoms with Gasteiger partial charge in [0.25, 0.3) is 0 Å². The summed E-state index contributed by atoms with van der Waals surface area (Å²) in [6.07, 6.45) is 7.49. The van der Waals surface area contributed by atoms with E-state index in [0.29, 0.717) is 12.5 Å². The van der Waals surface area contributed by atoms with Crippen LogP contribution >= 0.6 is 0 Å². The molecule has 0 amide bonds. The topological polar surface area (TPSA) is 41.6 Å². The van der Waals surface area contributed by atoms with Gasteiger partial charge >= 0.3 is 5.97 Å². The van der Waals surface area contributed by atoms with Crippen molar-refractivity contribution >= 4 is 5.97 Å². The molecule has 0 bridgehead atoms. The predicted molar refractivity (Wildman–Crippen MR) is 85.2 cm³/mol. The number of likely N-dealkylation sites (tertiary alicyclic amines) is 1. The monoisotopic (exact) mass is 296 g/mol. The third-order valence-corrected chi connectivity index (χ3v) is 5.24. The number of esters is 1. The Balaban J connectivity index is 1.95. The highest BCUT2D eigenvalue weighted by molar-refractivity contribution is 5.82. The third-order valence-electron chi connectivity index (χ3n) is 5.24. The van der Waals surface area contributed by atoms with Crippen LogP contribution in [0.25, 0.3) is 0 Å². The normalized spacial score (nSPS) is 23.8. The highest BCUT2D eigenvalue weighted by Gasteiger charge is 2.52. The van der Waals surface area contributed by atoms with Crippen molar-refractivity contribution in [2.75, 3.05) is 33.3 Å². The van der Waals surface area contributed by atoms with Gasteiger partial charge < -0.3 is 15.0 Å². The number of piperidine rings is 1. The molecule has 21 heavy (non-hydrogen) atoms. The molecule has 2 aliphatic rings. The van der Waals surface area contributed by atoms with Crippen LogP contribution in [0.1, 0.15) is 52.4 Å². The molecule has 1 aliphatic carbocycles. The Morgan fingerprint density at radius 3 is 2.38 bits per heavy atom. The van der Waals surface area contributed by atoms with E-state index in [2.05, 4.69) is 17.1 Å². The van der Waals surface area contributed by atoms with E-state index in [9.17, 15) is 4.79 Å². The minimum Gasteiger partial charge on any atom is -0.465 e. The Kier molecular flexibility index (Phi) is 6.06. The van der Waals surface area contributed by atoms with Gasteiger partial charge in [-0.3, -0.25) is 0 Å². The average Bonchev–Trinajstić information content (AvgIpc) is 3.32. The number of hydrogen-bond donors (Lipinski definition) is 1. The summed E-state index contributed by atoms with van der Waals surface area (Å²) in [5, 5.41) is 3.33. The van der Waals surface area contributed by atoms with Crippen molar-refractivity contribution in [3.8, 4) is 0 Å². The first kappa shape index (κ1) is 16.8. The van der Waals surface area contributed by atoms with E-state index in [1.807, 2.05) is 14.0 Å². The molecule has 0 spiro atoms. The summed E-state index contributed by atoms with van der Waals surface area (Å²) in [6.45, 7) is 7.69. The van der Waals surface area contributed by atoms with Gasteiger partial charge in [0.05, 0.1) is 6.61 Å². The van der Waals surface area contributed by atoms with Gasteiger partial charge in [0.15, 0.2) is 0 Å². The SMILES string of the molecule is CCCC1CCN(CC(NC)(C(=O)OCC)C2CC2)CC1. The van der Waals surface area contributed by atoms with E-state index in [4.69, 9.17) is 4.74 Å². The number of ether oxygens (including phenoxy) is 1. The second kappa shape index (κ2) is 7.59. The number of hydrogen-bond acceptors (Lipinski definition) is 4. The quantitative estimate of drug-likeness (QED) is 0.699. The molecule has 1 saturated heterocycles. The molecular formula is C17H32N2O2. The Bertz CT molecular complexity index is 336. The van der Waals surface area contributed by atoms with Gasteiger partial charge in [0.1, 0.15) is 5.54 Å². The van der Waals surface area contributed by atoms with Crippen molar-refractivity contribution in [3.63, 3.8) is 0 Å². The number of likely N-dealkylation sites (N-methyl/N-ethyl adjacent to an activating group) is 1. The van der Waals surface area contributed by atoms with E-state index in [-0.39, 0.29) is 5.97 Å². The molecule has 2 rings (SSSR count). The standard InChI is InChI=1S/C17H32N2O2/c1-4-6-14-9-11-19(12-10-14)13-17(18-3,15-7-8-15)16(20)21-5-2/h14-15,18H,4-13H2,1-3H3. The summed E-state index contributed by atoms with van der Waals surface area (Å²) in [6, 6.07) is 0. The molecule has 1 unspecified atom stereocenters. The molecule has 4 nitrogen and oxygen atoms in total. The van der Waals surface area contributed by atoms with Crippen LogP contribution in [0.5, 0.6) is 0 Å². The average molecular weight is 296 g/mol. The fourth-order valence-corrected chi connectivity index (χ4v) is 3.78. The maximum Gasteiger partial charge on any atom is 0.327 e. The van der Waals surface area contributed by atoms with Gasteiger partial charge in [-0.2, -0.15) is 0 Å². The van der Waals surface area contributed by atoms with Crippen LogP contribution < -0.4 is 5.32 Å². The Hall–Kier alpha value is -0.610. The van der Waals surface area contributed by atoms with Crippen LogP contribution in [0.4, 0.5) is 0 Å². The summed E-state index contributed by atoms with van der Waals surface area (Å²) in [5.41, 5.74) is -0.479. The summed E-state index contributed by atoms with van der Waals surface area (Å²) >= 11 is 0. The number of carbonyl (C=O) groups is 1. The van der Waals surface area contributed by atoms with E-state index >= 15 is 0 Å². The summed E-state index contributed by atoms with van der Waals surface area (Å²) in [5.74, 6) is 1.29. The first-order valence-electron chi connectivity index (χ1n) is 8.74. The van der Waals surface area contributed by atoms with Crippen molar-refractivity contribution < 1.29 is 9.53 Å². The first-order chi connectivity index (χ1) is 10.2. The number of nitrogens with one attached hydrogen (secondary N) is 1. The molecule has 0 radical (unpaired) electrons. The number of carbonyl (C=O) groups excluding carboxylic acids is 1. The van der Waals surface area contributed by atoms with Crippen LogP contribution in [0.3, 0.4) is 0 Å². The summed E-state index contributed by atoms with van der Waals surface area (Å²) < 4.78 is 5.37. The van der Waals surface area contributed by atoms with Crippen molar-refractivity contribution in [2.45, 2.75) is 57.9 Å². The molecular weight excluding hydrogens is 264 g/mol. The van der Waals surface area contributed by atoms with Crippen molar-refractivity contribution in [1.29, 1.82) is 0 Å². The zero-order chi connectivity index (χ0) is 15.3. The molecule has 0 aromatic rings. The lowest BCUT2D eigenvalue weighted by Gasteiger charge is -2.39. The second-order valence-electron chi connectivity index (χ2n) is 6.72. The minimum absolute atomic E-state index is 0.0503. The second-order valence-corrected chi connectivity index (χ2v) is 6.72. The van der Waals surface area contributed by atoms with Crippen LogP contribution in [-0.4, -0.2) is 49.7 Å². The van der Waals surface area contributed by atoms with Gasteiger partial charge in [-0.1, -0.05) is 19.8 Å². The predicted octanol–water partition coefficient (Wildman–Crippen LogP) is 2.43. The van der Waals surface area contributed by atoms with E-state index in [1.165, 1.54) is 25.7 Å². The molecule has 1 heterocycles. The highest BCUT2D eigenvalue weighted by Crippen LogP contribution is 2.41. The molecule has 1 N–H and O–H groups in total. The molecule has 1 atom stereocenters. The van der Waals surface area contributed by atoms with Gasteiger partial charge in [-0.05, 0) is 64.6 Å². The molecule has 0 aromatic carbocycles. The zero-order valence-corrected chi connectivity index (χ0v) is 14.0. The lowest BCUT2D eigenvalue weighted by atomic mass is 9.88. The van der Waals surface area contributed by atoms with Crippen LogP contribution in [0, 0.1) is 11.8 Å². The highest BCUT2D eigenvalue weighted by atomic mass is 16.5. The fraction of sp³-hybridized carbons (Fsp3) is 0.941. The van der Waals surface area contributed by atoms with Crippen LogP contribution in [0.15, 0.2) is 0 Å². The van der Waals surface area contributed by atoms with Gasteiger partial charge in [0, 0.05) is 6.54 Å². The Labute approximate surface area is 129 Å². The summed E-state index contributed by atoms with van der Waals surface area (Å²) in [7, 11) is 1.92. The Morgan fingerprint density at radius 1 is 1.24 bits per heavy atom. The lowest BCUT2D eigenvalue weighted by molar-refractivity contribution is -0.153. The van der Waals surface area contributed by atoms with E-state index in [1.54, 1.807) is 0 Å². The molecule has 1 saturated carbocycles. The molecule has 122 valence electrons. The maximum absolute atomic E-state index is 12.5. The molecule has 0 aromatic heterocycles. The van der Waals surface area contributed by atoms with Gasteiger partial charge in [-0.25, -0.2) is 4.79 Å². The first-order valence-corrected chi connectivity index (χ1v) is 8.74. The van der Waals surface area contributed by atoms with Gasteiger partial charge in [-0.15, -0.1) is 0 Å². The van der Waals surface area contributed by atoms with Crippen molar-refractivity contribution in [3.05, 3.63) is 0 Å². The third kappa shape index (κ3) is 3.98. The largest absolute Gasteiger partial charge is 0.465 e. The van der Waals surface area contributed by atoms with E-state index in [0.717, 1.165) is 38.4 Å². The zero-order valence-electron chi connectivity index (χ0n) is 14.0. The smallest absolute Gasteiger partial charge is 0.327 e. The minimum atomic E-state index is -0.479. The lowest BCUT2D eigenvalue weighted by Crippen LogP contribution is -2.61. The van der Waals surface area contributed by atoms with E-state index < -0.39 is 5.54 Å².